The van der Waals surface area contributed by atoms with Crippen LogP contribution in [0.3, 0.4) is 0 Å². The van der Waals surface area contributed by atoms with Crippen LogP contribution < -0.4 is 4.74 Å². The van der Waals surface area contributed by atoms with Crippen LogP contribution in [-0.4, -0.2) is 16.9 Å². The van der Waals surface area contributed by atoms with E-state index in [9.17, 15) is 0 Å². The fourth-order valence-corrected chi connectivity index (χ4v) is 1.66. The molecule has 2 rings (SSSR count). The van der Waals surface area contributed by atoms with Crippen molar-refractivity contribution in [1.29, 1.82) is 0 Å². The number of rotatable bonds is 1. The summed E-state index contributed by atoms with van der Waals surface area (Å²) < 4.78 is 7.24. The van der Waals surface area contributed by atoms with Crippen LogP contribution in [0.1, 0.15) is 20.8 Å². The van der Waals surface area contributed by atoms with Crippen LogP contribution in [0.5, 0.6) is 5.75 Å². The lowest BCUT2D eigenvalue weighted by Crippen LogP contribution is -2.22. The molecular formula is C12H16N2O. The van der Waals surface area contributed by atoms with E-state index in [2.05, 4.69) is 25.9 Å². The predicted octanol–water partition coefficient (Wildman–Crippen LogP) is 2.80. The molecule has 1 aromatic heterocycles. The highest BCUT2D eigenvalue weighted by Gasteiger charge is 2.16. The predicted molar refractivity (Wildman–Crippen MR) is 61.3 cm³/mol. The molecule has 0 fully saturated rings. The van der Waals surface area contributed by atoms with Crippen LogP contribution in [0.4, 0.5) is 0 Å². The zero-order valence-corrected chi connectivity index (χ0v) is 9.61. The topological polar surface area (TPSA) is 27.1 Å². The summed E-state index contributed by atoms with van der Waals surface area (Å²) >= 11 is 0. The Morgan fingerprint density at radius 3 is 2.60 bits per heavy atom. The van der Waals surface area contributed by atoms with Crippen LogP contribution in [0, 0.1) is 0 Å². The Morgan fingerprint density at radius 1 is 1.27 bits per heavy atom. The maximum atomic E-state index is 5.22. The first kappa shape index (κ1) is 10.0. The van der Waals surface area contributed by atoms with Crippen LogP contribution in [0.15, 0.2) is 24.4 Å². The summed E-state index contributed by atoms with van der Waals surface area (Å²) in [7, 11) is 1.68. The Kier molecular flexibility index (Phi) is 2.18. The van der Waals surface area contributed by atoms with Crippen molar-refractivity contribution in [2.75, 3.05) is 7.11 Å². The number of methoxy groups -OCH3 is 1. The van der Waals surface area contributed by atoms with E-state index in [1.165, 1.54) is 0 Å². The SMILES string of the molecule is COc1ccc2cnn(C(C)(C)C)c2c1. The highest BCUT2D eigenvalue weighted by atomic mass is 16.5. The molecule has 0 atom stereocenters. The number of hydrogen-bond acceptors (Lipinski definition) is 2. The molecule has 15 heavy (non-hydrogen) atoms. The summed E-state index contributed by atoms with van der Waals surface area (Å²) in [5, 5.41) is 5.55. The minimum atomic E-state index is -0.00584. The fraction of sp³-hybridized carbons (Fsp3) is 0.417. The van der Waals surface area contributed by atoms with Crippen molar-refractivity contribution in [2.24, 2.45) is 0 Å². The molecule has 0 unspecified atom stereocenters. The van der Waals surface area contributed by atoms with E-state index in [-0.39, 0.29) is 5.54 Å². The van der Waals surface area contributed by atoms with Crippen molar-refractivity contribution in [2.45, 2.75) is 26.3 Å². The number of ether oxygens (including phenoxy) is 1. The molecule has 2 aromatic rings. The van der Waals surface area contributed by atoms with Crippen molar-refractivity contribution in [1.82, 2.24) is 9.78 Å². The van der Waals surface area contributed by atoms with E-state index in [0.29, 0.717) is 0 Å². The van der Waals surface area contributed by atoms with Gasteiger partial charge in [0.25, 0.3) is 0 Å². The van der Waals surface area contributed by atoms with E-state index in [4.69, 9.17) is 4.74 Å². The second-order valence-electron chi connectivity index (χ2n) is 4.65. The summed E-state index contributed by atoms with van der Waals surface area (Å²) in [6.07, 6.45) is 1.89. The number of aromatic nitrogens is 2. The molecule has 0 saturated heterocycles. The van der Waals surface area contributed by atoms with Gasteiger partial charge < -0.3 is 4.74 Å². The number of nitrogens with zero attached hydrogens (tertiary/aromatic N) is 2. The number of benzene rings is 1. The van der Waals surface area contributed by atoms with Gasteiger partial charge >= 0.3 is 0 Å². The molecule has 1 aromatic carbocycles. The van der Waals surface area contributed by atoms with Crippen molar-refractivity contribution >= 4 is 10.9 Å². The normalized spacial score (nSPS) is 12.0. The lowest BCUT2D eigenvalue weighted by molar-refractivity contribution is 0.367. The van der Waals surface area contributed by atoms with Crippen LogP contribution in [-0.2, 0) is 5.54 Å². The third-order valence-corrected chi connectivity index (χ3v) is 2.41. The van der Waals surface area contributed by atoms with Crippen molar-refractivity contribution < 1.29 is 4.74 Å². The highest BCUT2D eigenvalue weighted by Crippen LogP contribution is 2.25. The third-order valence-electron chi connectivity index (χ3n) is 2.41. The molecule has 0 saturated carbocycles. The van der Waals surface area contributed by atoms with E-state index < -0.39 is 0 Å². The first-order chi connectivity index (χ1) is 7.02. The van der Waals surface area contributed by atoms with Crippen molar-refractivity contribution in [3.05, 3.63) is 24.4 Å². The van der Waals surface area contributed by atoms with E-state index in [1.54, 1.807) is 7.11 Å². The van der Waals surface area contributed by atoms with Gasteiger partial charge in [-0.2, -0.15) is 5.10 Å². The Labute approximate surface area is 89.7 Å². The average Bonchev–Trinajstić information content (AvgIpc) is 2.59. The molecule has 0 radical (unpaired) electrons. The molecule has 3 nitrogen and oxygen atoms in total. The van der Waals surface area contributed by atoms with Gasteiger partial charge in [0.2, 0.25) is 0 Å². The molecule has 0 bridgehead atoms. The zero-order chi connectivity index (χ0) is 11.1. The fourth-order valence-electron chi connectivity index (χ4n) is 1.66. The summed E-state index contributed by atoms with van der Waals surface area (Å²) in [6, 6.07) is 6.01. The van der Waals surface area contributed by atoms with Crippen molar-refractivity contribution in [3.63, 3.8) is 0 Å². The maximum Gasteiger partial charge on any atom is 0.121 e. The lowest BCUT2D eigenvalue weighted by Gasteiger charge is -2.20. The highest BCUT2D eigenvalue weighted by molar-refractivity contribution is 5.80. The quantitative estimate of drug-likeness (QED) is 0.714. The van der Waals surface area contributed by atoms with Gasteiger partial charge in [-0.3, -0.25) is 4.68 Å². The van der Waals surface area contributed by atoms with E-state index in [1.807, 2.05) is 29.1 Å². The first-order valence-corrected chi connectivity index (χ1v) is 5.04. The summed E-state index contributed by atoms with van der Waals surface area (Å²) in [6.45, 7) is 6.41. The van der Waals surface area contributed by atoms with E-state index >= 15 is 0 Å². The largest absolute Gasteiger partial charge is 0.497 e. The average molecular weight is 204 g/mol. The van der Waals surface area contributed by atoms with Gasteiger partial charge in [0.05, 0.1) is 24.4 Å². The molecule has 0 aliphatic rings. The second kappa shape index (κ2) is 3.26. The van der Waals surface area contributed by atoms with Crippen molar-refractivity contribution in [3.8, 4) is 5.75 Å². The minimum absolute atomic E-state index is 0.00584. The molecule has 80 valence electrons. The Bertz CT molecular complexity index is 480. The van der Waals surface area contributed by atoms with E-state index in [0.717, 1.165) is 16.7 Å². The molecule has 1 heterocycles. The molecule has 0 aliphatic carbocycles. The van der Waals surface area contributed by atoms with Gasteiger partial charge in [-0.25, -0.2) is 0 Å². The van der Waals surface area contributed by atoms with Crippen LogP contribution in [0.25, 0.3) is 10.9 Å². The van der Waals surface area contributed by atoms with Gasteiger partial charge in [-0.05, 0) is 32.9 Å². The molecule has 0 spiro atoms. The first-order valence-electron chi connectivity index (χ1n) is 5.04. The second-order valence-corrected chi connectivity index (χ2v) is 4.65. The van der Waals surface area contributed by atoms with Gasteiger partial charge in [-0.15, -0.1) is 0 Å². The Balaban J connectivity index is 2.67. The molecular weight excluding hydrogens is 188 g/mol. The Morgan fingerprint density at radius 2 is 2.00 bits per heavy atom. The smallest absolute Gasteiger partial charge is 0.121 e. The van der Waals surface area contributed by atoms with Gasteiger partial charge in [0.1, 0.15) is 5.75 Å². The zero-order valence-electron chi connectivity index (χ0n) is 9.61. The molecule has 3 heteroatoms. The maximum absolute atomic E-state index is 5.22. The van der Waals surface area contributed by atoms with Crippen LogP contribution in [0.2, 0.25) is 0 Å². The monoisotopic (exact) mass is 204 g/mol. The summed E-state index contributed by atoms with van der Waals surface area (Å²) in [5.41, 5.74) is 1.11. The number of hydrogen-bond donors (Lipinski definition) is 0. The summed E-state index contributed by atoms with van der Waals surface area (Å²) in [5.74, 6) is 0.869. The standard InChI is InChI=1S/C12H16N2O/c1-12(2,3)14-11-7-10(15-4)6-5-9(11)8-13-14/h5-8H,1-4H3. The minimum Gasteiger partial charge on any atom is -0.497 e. The third kappa shape index (κ3) is 1.69. The molecule has 0 N–H and O–H groups in total. The molecule has 0 amide bonds. The van der Waals surface area contributed by atoms with Gasteiger partial charge in [0.15, 0.2) is 0 Å². The van der Waals surface area contributed by atoms with Gasteiger partial charge in [0, 0.05) is 11.5 Å². The van der Waals surface area contributed by atoms with Crippen LogP contribution >= 0.6 is 0 Å². The lowest BCUT2D eigenvalue weighted by atomic mass is 10.1. The molecule has 0 aliphatic heterocycles. The Hall–Kier alpha value is -1.51. The number of fused-ring (bicyclic) bond motifs is 1. The van der Waals surface area contributed by atoms with Gasteiger partial charge in [-0.1, -0.05) is 0 Å². The summed E-state index contributed by atoms with van der Waals surface area (Å²) in [4.78, 5) is 0.